The van der Waals surface area contributed by atoms with Gasteiger partial charge in [-0.05, 0) is 55.3 Å². The van der Waals surface area contributed by atoms with Crippen LogP contribution >= 0.6 is 11.3 Å². The Morgan fingerprint density at radius 1 is 1.00 bits per heavy atom. The molecule has 1 fully saturated rings. The van der Waals surface area contributed by atoms with Gasteiger partial charge >= 0.3 is 5.97 Å². The maximum absolute atomic E-state index is 11.5. The third-order valence-electron chi connectivity index (χ3n) is 5.54. The van der Waals surface area contributed by atoms with Gasteiger partial charge in [0.2, 0.25) is 0 Å². The Morgan fingerprint density at radius 2 is 1.75 bits per heavy atom. The van der Waals surface area contributed by atoms with Crippen LogP contribution in [0.1, 0.15) is 12.8 Å². The number of carboxylic acids is 1. The molecular formula is C25H21N3O3S. The molecule has 4 aromatic rings. The zero-order valence-corrected chi connectivity index (χ0v) is 18.0. The highest BCUT2D eigenvalue weighted by Gasteiger charge is 2.50. The van der Waals surface area contributed by atoms with E-state index in [-0.39, 0.29) is 0 Å². The number of aromatic nitrogens is 2. The fraction of sp³-hybridized carbons (Fsp3) is 0.160. The Labute approximate surface area is 189 Å². The second-order valence-corrected chi connectivity index (χ2v) is 8.82. The van der Waals surface area contributed by atoms with Crippen LogP contribution in [0.2, 0.25) is 0 Å². The quantitative estimate of drug-likeness (QED) is 0.351. The van der Waals surface area contributed by atoms with Crippen molar-refractivity contribution in [1.29, 1.82) is 0 Å². The molecule has 1 aliphatic carbocycles. The molecule has 1 saturated carbocycles. The Bertz CT molecular complexity index is 1220. The minimum absolute atomic E-state index is 0.381. The topological polar surface area (TPSA) is 84.3 Å². The molecule has 0 spiro atoms. The van der Waals surface area contributed by atoms with Crippen molar-refractivity contribution in [2.45, 2.75) is 12.8 Å². The van der Waals surface area contributed by atoms with E-state index in [1.165, 1.54) is 11.3 Å². The van der Waals surface area contributed by atoms with Crippen LogP contribution in [0.4, 0.5) is 5.13 Å². The van der Waals surface area contributed by atoms with Crippen molar-refractivity contribution in [3.63, 3.8) is 0 Å². The van der Waals surface area contributed by atoms with E-state index in [1.807, 2.05) is 72.9 Å². The largest absolute Gasteiger partial charge is 0.481 e. The van der Waals surface area contributed by atoms with E-state index in [0.29, 0.717) is 24.5 Å². The summed E-state index contributed by atoms with van der Waals surface area (Å²) in [6.45, 7) is 0.381. The summed E-state index contributed by atoms with van der Waals surface area (Å²) in [6.07, 6.45) is 4.95. The first-order chi connectivity index (χ1) is 15.6. The van der Waals surface area contributed by atoms with Gasteiger partial charge in [0, 0.05) is 30.1 Å². The Hall–Kier alpha value is -3.71. The molecule has 2 aromatic carbocycles. The number of thiazole rings is 1. The van der Waals surface area contributed by atoms with Gasteiger partial charge in [-0.25, -0.2) is 4.98 Å². The number of para-hydroxylation sites is 1. The molecule has 0 saturated heterocycles. The molecule has 2 aromatic heterocycles. The molecule has 160 valence electrons. The zero-order valence-electron chi connectivity index (χ0n) is 17.2. The smallest absolute Gasteiger partial charge is 0.311 e. The first-order valence-corrected chi connectivity index (χ1v) is 11.2. The second kappa shape index (κ2) is 8.43. The van der Waals surface area contributed by atoms with E-state index in [4.69, 9.17) is 9.72 Å². The maximum Gasteiger partial charge on any atom is 0.311 e. The minimum atomic E-state index is -0.747. The lowest BCUT2D eigenvalue weighted by atomic mass is 10.1. The van der Waals surface area contributed by atoms with Crippen LogP contribution in [0.15, 0.2) is 79.1 Å². The van der Waals surface area contributed by atoms with Crippen LogP contribution in [0, 0.1) is 5.41 Å². The zero-order chi connectivity index (χ0) is 22.0. The highest BCUT2D eigenvalue weighted by molar-refractivity contribution is 7.19. The molecule has 2 N–H and O–H groups in total. The van der Waals surface area contributed by atoms with Gasteiger partial charge in [0.15, 0.2) is 5.13 Å². The van der Waals surface area contributed by atoms with Crippen molar-refractivity contribution in [1.82, 2.24) is 9.97 Å². The van der Waals surface area contributed by atoms with Gasteiger partial charge in [-0.1, -0.05) is 35.6 Å². The number of ether oxygens (including phenoxy) is 1. The molecule has 0 radical (unpaired) electrons. The molecule has 7 heteroatoms. The fourth-order valence-electron chi connectivity index (χ4n) is 3.45. The molecular weight excluding hydrogens is 422 g/mol. The highest BCUT2D eigenvalue weighted by Crippen LogP contribution is 2.46. The highest BCUT2D eigenvalue weighted by atomic mass is 32.1. The van der Waals surface area contributed by atoms with E-state index in [9.17, 15) is 9.90 Å². The number of benzene rings is 2. The van der Waals surface area contributed by atoms with Gasteiger partial charge < -0.3 is 15.2 Å². The van der Waals surface area contributed by atoms with Gasteiger partial charge in [0.25, 0.3) is 0 Å². The van der Waals surface area contributed by atoms with E-state index in [1.54, 1.807) is 6.20 Å². The van der Waals surface area contributed by atoms with Gasteiger partial charge in [0.1, 0.15) is 11.5 Å². The van der Waals surface area contributed by atoms with E-state index < -0.39 is 11.4 Å². The van der Waals surface area contributed by atoms with Gasteiger partial charge in [-0.3, -0.25) is 9.78 Å². The van der Waals surface area contributed by atoms with Crippen LogP contribution in [-0.4, -0.2) is 27.6 Å². The predicted molar refractivity (Wildman–Crippen MR) is 125 cm³/mol. The number of aliphatic carboxylic acids is 1. The van der Waals surface area contributed by atoms with Crippen molar-refractivity contribution in [3.05, 3.63) is 79.1 Å². The standard InChI is InChI=1S/C25H21N3O3S/c29-23(30)25(12-13-25)16-27-24-28-21(22(32-24)18-5-4-14-26-15-18)17-8-10-20(11-9-17)31-19-6-2-1-3-7-19/h1-11,14-15H,12-13,16H2,(H,27,28)(H,29,30). The lowest BCUT2D eigenvalue weighted by Gasteiger charge is -2.09. The summed E-state index contributed by atoms with van der Waals surface area (Å²) in [4.78, 5) is 21.5. The van der Waals surface area contributed by atoms with E-state index >= 15 is 0 Å². The third-order valence-corrected chi connectivity index (χ3v) is 6.60. The lowest BCUT2D eigenvalue weighted by Crippen LogP contribution is -2.24. The molecule has 5 rings (SSSR count). The number of hydrogen-bond donors (Lipinski definition) is 2. The van der Waals surface area contributed by atoms with Crippen molar-refractivity contribution < 1.29 is 14.6 Å². The molecule has 32 heavy (non-hydrogen) atoms. The number of nitrogens with zero attached hydrogens (tertiary/aromatic N) is 2. The summed E-state index contributed by atoms with van der Waals surface area (Å²) in [5, 5.41) is 13.4. The van der Waals surface area contributed by atoms with Gasteiger partial charge in [-0.2, -0.15) is 0 Å². The number of rotatable bonds is 8. The average Bonchev–Trinajstić information content (AvgIpc) is 3.52. The number of carbonyl (C=O) groups is 1. The van der Waals surface area contributed by atoms with Crippen LogP contribution in [0.3, 0.4) is 0 Å². The number of hydrogen-bond acceptors (Lipinski definition) is 6. The predicted octanol–water partition coefficient (Wildman–Crippen LogP) is 5.94. The molecule has 0 atom stereocenters. The molecule has 6 nitrogen and oxygen atoms in total. The molecule has 2 heterocycles. The normalized spacial score (nSPS) is 14.0. The lowest BCUT2D eigenvalue weighted by molar-refractivity contribution is -0.142. The number of nitrogens with one attached hydrogen (secondary N) is 1. The first-order valence-electron chi connectivity index (χ1n) is 10.3. The molecule has 0 aliphatic heterocycles. The van der Waals surface area contributed by atoms with Crippen LogP contribution in [0.25, 0.3) is 21.7 Å². The SMILES string of the molecule is O=C(O)C1(CNc2nc(-c3ccc(Oc4ccccc4)cc3)c(-c3cccnc3)s2)CC1. The summed E-state index contributed by atoms with van der Waals surface area (Å²) < 4.78 is 5.90. The third kappa shape index (κ3) is 4.20. The Morgan fingerprint density at radius 3 is 2.41 bits per heavy atom. The molecule has 1 aliphatic rings. The van der Waals surface area contributed by atoms with Gasteiger partial charge in [0.05, 0.1) is 16.0 Å². The van der Waals surface area contributed by atoms with Crippen molar-refractivity contribution >= 4 is 22.4 Å². The second-order valence-electron chi connectivity index (χ2n) is 7.82. The van der Waals surface area contributed by atoms with Crippen LogP contribution < -0.4 is 10.1 Å². The van der Waals surface area contributed by atoms with Crippen molar-refractivity contribution in [2.24, 2.45) is 5.41 Å². The number of anilines is 1. The summed E-state index contributed by atoms with van der Waals surface area (Å²) in [6, 6.07) is 21.3. The fourth-order valence-corrected chi connectivity index (χ4v) is 4.42. The van der Waals surface area contributed by atoms with E-state index in [2.05, 4.69) is 10.3 Å². The molecule has 0 bridgehead atoms. The monoisotopic (exact) mass is 443 g/mol. The summed E-state index contributed by atoms with van der Waals surface area (Å²) in [5.41, 5.74) is 2.10. The van der Waals surface area contributed by atoms with Gasteiger partial charge in [-0.15, -0.1) is 0 Å². The van der Waals surface area contributed by atoms with Crippen molar-refractivity contribution in [2.75, 3.05) is 11.9 Å². The molecule has 0 unspecified atom stereocenters. The van der Waals surface area contributed by atoms with Crippen LogP contribution in [0.5, 0.6) is 11.5 Å². The molecule has 0 amide bonds. The van der Waals surface area contributed by atoms with E-state index in [0.717, 1.165) is 33.2 Å². The van der Waals surface area contributed by atoms with Crippen LogP contribution in [-0.2, 0) is 4.79 Å². The summed E-state index contributed by atoms with van der Waals surface area (Å²) in [7, 11) is 0. The van der Waals surface area contributed by atoms with Crippen molar-refractivity contribution in [3.8, 4) is 33.2 Å². The Kier molecular flexibility index (Phi) is 5.33. The first kappa shape index (κ1) is 20.2. The Balaban J connectivity index is 1.42. The average molecular weight is 444 g/mol. The summed E-state index contributed by atoms with van der Waals surface area (Å²) in [5.74, 6) is 0.778. The minimum Gasteiger partial charge on any atom is -0.481 e. The summed E-state index contributed by atoms with van der Waals surface area (Å²) >= 11 is 1.51. The number of carboxylic acid groups (broad SMARTS) is 1. The maximum atomic E-state index is 11.5. The number of pyridine rings is 1.